The minimum Gasteiger partial charge on any atom is -0.492 e. The Labute approximate surface area is 95.3 Å². The number of hydrogen-bond acceptors (Lipinski definition) is 3. The maximum atomic E-state index is 13.4. The van der Waals surface area contributed by atoms with Crippen molar-refractivity contribution in [2.45, 2.75) is 6.42 Å². The lowest BCUT2D eigenvalue weighted by Crippen LogP contribution is -2.05. The number of methoxy groups -OCH3 is 2. The Morgan fingerprint density at radius 3 is 2.60 bits per heavy atom. The number of ether oxygens (including phenoxy) is 2. The van der Waals surface area contributed by atoms with Gasteiger partial charge in [-0.1, -0.05) is 0 Å². The minimum atomic E-state index is -0.509. The fourth-order valence-corrected chi connectivity index (χ4v) is 1.79. The molecule has 0 saturated carbocycles. The van der Waals surface area contributed by atoms with Gasteiger partial charge in [0.05, 0.1) is 25.1 Å². The molecule has 0 saturated heterocycles. The van der Waals surface area contributed by atoms with Crippen LogP contribution in [0.4, 0.5) is 4.39 Å². The van der Waals surface area contributed by atoms with Crippen LogP contribution in [0.1, 0.15) is 5.56 Å². The molecule has 0 atom stereocenters. The lowest BCUT2D eigenvalue weighted by atomic mass is 10.1. The topological polar surface area (TPSA) is 35.5 Å². The van der Waals surface area contributed by atoms with E-state index in [0.29, 0.717) is 10.0 Å². The van der Waals surface area contributed by atoms with Gasteiger partial charge in [0, 0.05) is 0 Å². The second-order valence-corrected chi connectivity index (χ2v) is 3.70. The average Bonchev–Trinajstić information content (AvgIpc) is 2.17. The molecular formula is C10H10BrFO3. The number of carbonyl (C=O) groups is 1. The summed E-state index contributed by atoms with van der Waals surface area (Å²) in [6, 6.07) is 2.87. The molecule has 0 aromatic heterocycles. The maximum absolute atomic E-state index is 13.4. The summed E-state index contributed by atoms with van der Waals surface area (Å²) >= 11 is 3.15. The van der Waals surface area contributed by atoms with E-state index in [1.165, 1.54) is 20.3 Å². The molecule has 1 rings (SSSR count). The van der Waals surface area contributed by atoms with Gasteiger partial charge in [0.25, 0.3) is 0 Å². The molecule has 0 aliphatic rings. The van der Waals surface area contributed by atoms with Gasteiger partial charge < -0.3 is 9.47 Å². The van der Waals surface area contributed by atoms with Crippen molar-refractivity contribution in [1.82, 2.24) is 0 Å². The van der Waals surface area contributed by atoms with Crippen LogP contribution in [0.5, 0.6) is 5.75 Å². The number of hydrogen-bond donors (Lipinski definition) is 0. The zero-order chi connectivity index (χ0) is 11.4. The highest BCUT2D eigenvalue weighted by Crippen LogP contribution is 2.29. The summed E-state index contributed by atoms with van der Waals surface area (Å²) in [5.74, 6) is -0.791. The number of halogens is 2. The normalized spacial score (nSPS) is 9.87. The molecular weight excluding hydrogens is 267 g/mol. The third-order valence-electron chi connectivity index (χ3n) is 1.84. The lowest BCUT2D eigenvalue weighted by Gasteiger charge is -2.07. The molecule has 0 unspecified atom stereocenters. The highest BCUT2D eigenvalue weighted by Gasteiger charge is 2.11. The fraction of sp³-hybridized carbons (Fsp3) is 0.300. The molecule has 0 fully saturated rings. The van der Waals surface area contributed by atoms with Crippen molar-refractivity contribution in [3.63, 3.8) is 0 Å². The molecule has 1 aromatic carbocycles. The van der Waals surface area contributed by atoms with Crippen molar-refractivity contribution in [3.05, 3.63) is 28.0 Å². The van der Waals surface area contributed by atoms with Crippen LogP contribution in [0, 0.1) is 5.82 Å². The van der Waals surface area contributed by atoms with Gasteiger partial charge in [-0.3, -0.25) is 4.79 Å². The summed E-state index contributed by atoms with van der Waals surface area (Å²) in [5.41, 5.74) is 0.534. The fourth-order valence-electron chi connectivity index (χ4n) is 1.15. The molecule has 0 spiro atoms. The summed E-state index contributed by atoms with van der Waals surface area (Å²) in [6.07, 6.45) is 0.0377. The predicted molar refractivity (Wildman–Crippen MR) is 56.4 cm³/mol. The number of carbonyl (C=O) groups excluding carboxylic acids is 1. The van der Waals surface area contributed by atoms with Gasteiger partial charge in [-0.2, -0.15) is 0 Å². The number of esters is 1. The molecule has 0 radical (unpaired) electrons. The average molecular weight is 277 g/mol. The Morgan fingerprint density at radius 1 is 1.47 bits per heavy atom. The summed E-state index contributed by atoms with van der Waals surface area (Å²) in [5, 5.41) is 0. The first-order valence-corrected chi connectivity index (χ1v) is 4.96. The van der Waals surface area contributed by atoms with E-state index in [9.17, 15) is 9.18 Å². The van der Waals surface area contributed by atoms with E-state index in [0.717, 1.165) is 0 Å². The molecule has 0 N–H and O–H groups in total. The second-order valence-electron chi connectivity index (χ2n) is 2.85. The standard InChI is InChI=1S/C10H10BrFO3/c1-14-9(13)5-6-3-7(11)10(15-2)8(12)4-6/h3-4H,5H2,1-2H3. The van der Waals surface area contributed by atoms with Gasteiger partial charge in [0.2, 0.25) is 0 Å². The summed E-state index contributed by atoms with van der Waals surface area (Å²) in [7, 11) is 2.67. The van der Waals surface area contributed by atoms with E-state index in [2.05, 4.69) is 20.7 Å². The lowest BCUT2D eigenvalue weighted by molar-refractivity contribution is -0.139. The quantitative estimate of drug-likeness (QED) is 0.795. The van der Waals surface area contributed by atoms with Crippen LogP contribution in [0.15, 0.2) is 16.6 Å². The van der Waals surface area contributed by atoms with E-state index in [1.807, 2.05) is 0 Å². The molecule has 3 nitrogen and oxygen atoms in total. The summed E-state index contributed by atoms with van der Waals surface area (Å²) in [4.78, 5) is 11.0. The van der Waals surface area contributed by atoms with Gasteiger partial charge in [0.15, 0.2) is 11.6 Å². The predicted octanol–water partition coefficient (Wildman–Crippen LogP) is 2.31. The molecule has 82 valence electrons. The van der Waals surface area contributed by atoms with E-state index in [4.69, 9.17) is 4.74 Å². The second kappa shape index (κ2) is 5.11. The van der Waals surface area contributed by atoms with Crippen LogP contribution in [0.3, 0.4) is 0 Å². The smallest absolute Gasteiger partial charge is 0.309 e. The highest BCUT2D eigenvalue weighted by atomic mass is 79.9. The first-order valence-electron chi connectivity index (χ1n) is 4.17. The van der Waals surface area contributed by atoms with Crippen molar-refractivity contribution in [2.75, 3.05) is 14.2 Å². The van der Waals surface area contributed by atoms with E-state index in [1.54, 1.807) is 6.07 Å². The molecule has 0 bridgehead atoms. The van der Waals surface area contributed by atoms with Gasteiger partial charge in [0.1, 0.15) is 0 Å². The summed E-state index contributed by atoms with van der Waals surface area (Å²) in [6.45, 7) is 0. The van der Waals surface area contributed by atoms with Gasteiger partial charge in [-0.15, -0.1) is 0 Å². The maximum Gasteiger partial charge on any atom is 0.309 e. The van der Waals surface area contributed by atoms with Gasteiger partial charge in [-0.25, -0.2) is 4.39 Å². The van der Waals surface area contributed by atoms with Crippen LogP contribution in [-0.4, -0.2) is 20.2 Å². The Hall–Kier alpha value is -1.10. The molecule has 0 aliphatic heterocycles. The van der Waals surface area contributed by atoms with Crippen molar-refractivity contribution >= 4 is 21.9 Å². The van der Waals surface area contributed by atoms with Crippen LogP contribution < -0.4 is 4.74 Å². The largest absolute Gasteiger partial charge is 0.492 e. The highest BCUT2D eigenvalue weighted by molar-refractivity contribution is 9.10. The molecule has 5 heteroatoms. The van der Waals surface area contributed by atoms with Crippen LogP contribution in [0.25, 0.3) is 0 Å². The van der Waals surface area contributed by atoms with Gasteiger partial charge >= 0.3 is 5.97 Å². The molecule has 0 aliphatic carbocycles. The Morgan fingerprint density at radius 2 is 2.13 bits per heavy atom. The van der Waals surface area contributed by atoms with Crippen LogP contribution in [0.2, 0.25) is 0 Å². The van der Waals surface area contributed by atoms with Crippen molar-refractivity contribution < 1.29 is 18.7 Å². The molecule has 0 amide bonds. The Balaban J connectivity index is 2.98. The zero-order valence-electron chi connectivity index (χ0n) is 8.34. The van der Waals surface area contributed by atoms with E-state index < -0.39 is 11.8 Å². The summed E-state index contributed by atoms with van der Waals surface area (Å²) < 4.78 is 23.1. The SMILES string of the molecule is COC(=O)Cc1cc(F)c(OC)c(Br)c1. The van der Waals surface area contributed by atoms with Crippen molar-refractivity contribution in [1.29, 1.82) is 0 Å². The van der Waals surface area contributed by atoms with E-state index in [-0.39, 0.29) is 12.2 Å². The first kappa shape index (κ1) is 12.0. The number of benzene rings is 1. The molecule has 0 heterocycles. The third kappa shape index (κ3) is 2.92. The first-order chi connectivity index (χ1) is 7.08. The Kier molecular flexibility index (Phi) is 4.08. The minimum absolute atomic E-state index is 0.0377. The third-order valence-corrected chi connectivity index (χ3v) is 2.43. The van der Waals surface area contributed by atoms with Gasteiger partial charge in [-0.05, 0) is 33.6 Å². The molecule has 1 aromatic rings. The van der Waals surface area contributed by atoms with Crippen molar-refractivity contribution in [3.8, 4) is 5.75 Å². The molecule has 15 heavy (non-hydrogen) atoms. The monoisotopic (exact) mass is 276 g/mol. The van der Waals surface area contributed by atoms with Crippen molar-refractivity contribution in [2.24, 2.45) is 0 Å². The van der Waals surface area contributed by atoms with Crippen LogP contribution in [-0.2, 0) is 16.0 Å². The van der Waals surface area contributed by atoms with E-state index >= 15 is 0 Å². The Bertz CT molecular complexity index is 356. The van der Waals surface area contributed by atoms with Crippen LogP contribution >= 0.6 is 15.9 Å². The number of rotatable bonds is 3. The zero-order valence-corrected chi connectivity index (χ0v) is 9.93.